The highest BCUT2D eigenvalue weighted by molar-refractivity contribution is 6.23. The maximum Gasteiger partial charge on any atom is 0.328 e. The van der Waals surface area contributed by atoms with Crippen LogP contribution in [0.1, 0.15) is 32.1 Å². The van der Waals surface area contributed by atoms with Crippen LogP contribution in [-0.4, -0.2) is 30.1 Å². The van der Waals surface area contributed by atoms with Crippen LogP contribution < -0.4 is 10.6 Å². The van der Waals surface area contributed by atoms with Crippen LogP contribution in [0, 0.1) is 5.92 Å². The fourth-order valence-corrected chi connectivity index (χ4v) is 2.10. The van der Waals surface area contributed by atoms with Crippen molar-refractivity contribution in [1.82, 2.24) is 10.6 Å². The van der Waals surface area contributed by atoms with Crippen molar-refractivity contribution in [3.63, 3.8) is 0 Å². The topological polar surface area (TPSA) is 87.6 Å². The molecule has 17 heavy (non-hydrogen) atoms. The molecule has 0 spiro atoms. The lowest BCUT2D eigenvalue weighted by molar-refractivity contribution is -0.132. The van der Waals surface area contributed by atoms with Gasteiger partial charge < -0.3 is 0 Å². The van der Waals surface area contributed by atoms with E-state index in [-0.39, 0.29) is 6.04 Å². The Morgan fingerprint density at radius 3 is 2.18 bits per heavy atom. The number of urea groups is 1. The number of rotatable bonds is 2. The van der Waals surface area contributed by atoms with E-state index >= 15 is 0 Å². The molecule has 1 saturated heterocycles. The summed E-state index contributed by atoms with van der Waals surface area (Å²) in [6.45, 7) is 0. The number of amides is 4. The first-order valence-electron chi connectivity index (χ1n) is 5.86. The van der Waals surface area contributed by atoms with Crippen molar-refractivity contribution < 1.29 is 14.4 Å². The minimum absolute atomic E-state index is 0.210. The molecule has 0 bridgehead atoms. The minimum atomic E-state index is -0.977. The third-order valence-corrected chi connectivity index (χ3v) is 3.06. The molecule has 2 rings (SSSR count). The van der Waals surface area contributed by atoms with Crippen molar-refractivity contribution in [1.29, 1.82) is 0 Å². The van der Waals surface area contributed by atoms with Crippen LogP contribution in [0.5, 0.6) is 0 Å². The molecule has 0 aromatic heterocycles. The normalized spacial score (nSPS) is 23.9. The summed E-state index contributed by atoms with van der Waals surface area (Å²) in [4.78, 5) is 37.9. The summed E-state index contributed by atoms with van der Waals surface area (Å²) in [5.74, 6) is -2.17. The smallest absolute Gasteiger partial charge is 0.293 e. The third-order valence-electron chi connectivity index (χ3n) is 3.06. The Morgan fingerprint density at radius 2 is 1.59 bits per heavy atom. The molecule has 1 aliphatic heterocycles. The highest BCUT2D eigenvalue weighted by atomic mass is 16.2. The van der Waals surface area contributed by atoms with Gasteiger partial charge in [0.1, 0.15) is 0 Å². The van der Waals surface area contributed by atoms with Gasteiger partial charge in [-0.25, -0.2) is 4.79 Å². The summed E-state index contributed by atoms with van der Waals surface area (Å²) in [6.07, 6.45) is 6.89. The lowest BCUT2D eigenvalue weighted by atomic mass is 9.96. The fraction of sp³-hybridized carbons (Fsp3) is 0.636. The molecule has 1 saturated carbocycles. The summed E-state index contributed by atoms with van der Waals surface area (Å²) in [7, 11) is 0. The first-order chi connectivity index (χ1) is 8.16. The Labute approximate surface area is 98.9 Å². The van der Waals surface area contributed by atoms with E-state index in [0.717, 1.165) is 25.7 Å². The largest absolute Gasteiger partial charge is 0.328 e. The number of hydrogen-bond acceptors (Lipinski definition) is 4. The van der Waals surface area contributed by atoms with Crippen LogP contribution in [-0.2, 0) is 9.59 Å². The third kappa shape index (κ3) is 2.89. The average molecular weight is 237 g/mol. The first kappa shape index (κ1) is 11.8. The number of nitrogens with one attached hydrogen (secondary N) is 2. The molecule has 2 N–H and O–H groups in total. The van der Waals surface area contributed by atoms with Crippen molar-refractivity contribution in [3.8, 4) is 0 Å². The van der Waals surface area contributed by atoms with Gasteiger partial charge in [-0.2, -0.15) is 0 Å². The standard InChI is InChI=1S/C11H15N3O3/c15-9-8(10(16)14-11(17)13-9)6-12-7-4-2-1-3-5-7/h6-8H,1-5H2,(H2,13,14,15,16,17). The quantitative estimate of drug-likeness (QED) is 0.537. The lowest BCUT2D eigenvalue weighted by Crippen LogP contribution is -2.56. The zero-order valence-corrected chi connectivity index (χ0v) is 9.44. The van der Waals surface area contributed by atoms with Crippen LogP contribution in [0.3, 0.4) is 0 Å². The van der Waals surface area contributed by atoms with E-state index in [4.69, 9.17) is 0 Å². The van der Waals surface area contributed by atoms with Crippen LogP contribution in [0.25, 0.3) is 0 Å². The number of carbonyl (C=O) groups excluding carboxylic acids is 3. The highest BCUT2D eigenvalue weighted by Gasteiger charge is 2.32. The van der Waals surface area contributed by atoms with E-state index in [2.05, 4.69) is 4.99 Å². The number of nitrogens with zero attached hydrogens (tertiary/aromatic N) is 1. The van der Waals surface area contributed by atoms with Gasteiger partial charge in [0.05, 0.1) is 0 Å². The molecule has 6 nitrogen and oxygen atoms in total. The van der Waals surface area contributed by atoms with Gasteiger partial charge in [-0.15, -0.1) is 0 Å². The minimum Gasteiger partial charge on any atom is -0.293 e. The highest BCUT2D eigenvalue weighted by Crippen LogP contribution is 2.20. The summed E-state index contributed by atoms with van der Waals surface area (Å²) < 4.78 is 0. The molecule has 2 fully saturated rings. The van der Waals surface area contributed by atoms with E-state index in [0.29, 0.717) is 0 Å². The summed E-state index contributed by atoms with van der Waals surface area (Å²) in [5.41, 5.74) is 0. The van der Waals surface area contributed by atoms with Crippen molar-refractivity contribution in [2.45, 2.75) is 38.1 Å². The Morgan fingerprint density at radius 1 is 1.00 bits per heavy atom. The van der Waals surface area contributed by atoms with E-state index in [9.17, 15) is 14.4 Å². The van der Waals surface area contributed by atoms with Gasteiger partial charge in [0.15, 0.2) is 5.92 Å². The second-order valence-corrected chi connectivity index (χ2v) is 4.38. The summed E-state index contributed by atoms with van der Waals surface area (Å²) in [6, 6.07) is -0.552. The van der Waals surface area contributed by atoms with Gasteiger partial charge in [-0.3, -0.25) is 25.2 Å². The van der Waals surface area contributed by atoms with Crippen LogP contribution in [0.4, 0.5) is 4.79 Å². The maximum atomic E-state index is 11.4. The van der Waals surface area contributed by atoms with Gasteiger partial charge >= 0.3 is 6.03 Å². The molecule has 2 aliphatic rings. The first-order valence-corrected chi connectivity index (χ1v) is 5.86. The van der Waals surface area contributed by atoms with Gasteiger partial charge in [0.2, 0.25) is 11.8 Å². The molecular weight excluding hydrogens is 222 g/mol. The molecule has 6 heteroatoms. The molecule has 0 atom stereocenters. The predicted molar refractivity (Wildman–Crippen MR) is 60.5 cm³/mol. The molecule has 92 valence electrons. The van der Waals surface area contributed by atoms with E-state index in [1.807, 2.05) is 10.6 Å². The second kappa shape index (κ2) is 5.07. The van der Waals surface area contributed by atoms with Crippen LogP contribution >= 0.6 is 0 Å². The molecule has 0 unspecified atom stereocenters. The van der Waals surface area contributed by atoms with Gasteiger partial charge in [-0.05, 0) is 12.8 Å². The molecular formula is C11H15N3O3. The van der Waals surface area contributed by atoms with Gasteiger partial charge in [-0.1, -0.05) is 19.3 Å². The Balaban J connectivity index is 1.96. The SMILES string of the molecule is O=C1NC(=O)C(C=NC2CCCCC2)C(=O)N1. The Bertz CT molecular complexity index is 352. The van der Waals surface area contributed by atoms with E-state index < -0.39 is 23.8 Å². The number of barbiturate groups is 1. The zero-order valence-electron chi connectivity index (χ0n) is 9.44. The summed E-state index contributed by atoms with van der Waals surface area (Å²) in [5, 5.41) is 4.09. The Kier molecular flexibility index (Phi) is 3.51. The lowest BCUT2D eigenvalue weighted by Gasteiger charge is -2.20. The van der Waals surface area contributed by atoms with E-state index in [1.54, 1.807) is 0 Å². The van der Waals surface area contributed by atoms with Gasteiger partial charge in [0.25, 0.3) is 0 Å². The van der Waals surface area contributed by atoms with Crippen LogP contribution in [0.2, 0.25) is 0 Å². The number of carbonyl (C=O) groups is 3. The molecule has 0 radical (unpaired) electrons. The zero-order chi connectivity index (χ0) is 12.3. The maximum absolute atomic E-state index is 11.4. The molecule has 0 aromatic rings. The van der Waals surface area contributed by atoms with Crippen molar-refractivity contribution in [3.05, 3.63) is 0 Å². The van der Waals surface area contributed by atoms with Crippen LogP contribution in [0.15, 0.2) is 4.99 Å². The average Bonchev–Trinajstić information content (AvgIpc) is 2.29. The molecule has 4 amide bonds. The monoisotopic (exact) mass is 237 g/mol. The molecule has 0 aromatic carbocycles. The molecule has 1 heterocycles. The number of imide groups is 2. The van der Waals surface area contributed by atoms with Crippen molar-refractivity contribution in [2.75, 3.05) is 0 Å². The fourth-order valence-electron chi connectivity index (χ4n) is 2.10. The van der Waals surface area contributed by atoms with Gasteiger partial charge in [0, 0.05) is 12.3 Å². The summed E-state index contributed by atoms with van der Waals surface area (Å²) >= 11 is 0. The van der Waals surface area contributed by atoms with E-state index in [1.165, 1.54) is 12.6 Å². The Hall–Kier alpha value is -1.72. The predicted octanol–water partition coefficient (Wildman–Crippen LogP) is 0.372. The number of hydrogen-bond donors (Lipinski definition) is 2. The second-order valence-electron chi connectivity index (χ2n) is 4.38. The van der Waals surface area contributed by atoms with Crippen molar-refractivity contribution in [2.24, 2.45) is 10.9 Å². The van der Waals surface area contributed by atoms with Crippen molar-refractivity contribution >= 4 is 24.1 Å². The number of aliphatic imine (C=N–C) groups is 1. The molecule has 1 aliphatic carbocycles.